The van der Waals surface area contributed by atoms with E-state index in [4.69, 9.17) is 4.98 Å². The maximum Gasteiger partial charge on any atom is 0.252 e. The van der Waals surface area contributed by atoms with E-state index in [0.717, 1.165) is 66.9 Å². The number of nitriles is 5. The Morgan fingerprint density at radius 1 is 0.441 bits per heavy atom. The SMILES string of the molecule is CC(=O)Nc1ccccc1-c1nc(N(C)C)sc1N=Nc1c(C#N)cnn1-c1ncccn1.CC(N=O)c1nc(N(C)C)sc1N=Nc1c(C#N)cnn1-c1ncccn1.CCN(CC)c1nc(C)c(N=Nc2c(C#N)cnn2-c2ncccn2)s1.CCNc1nc(N2CCCC2)sc1N=Nc1c(C#N)cnn1-c1ccccn1.CNc1nc(N2CCCCC2)sc1N=Nc1c(C#N)cnn1-c1ccccn1.O. The van der Waals surface area contributed by atoms with Crippen molar-refractivity contribution in [3.63, 3.8) is 0 Å². The number of nitrogens with one attached hydrogen (secondary N) is 3. The molecular formula is C88H89N47O3S5. The number of thiazole rings is 5. The second kappa shape index (κ2) is 49.9. The third-order valence-corrected chi connectivity index (χ3v) is 25.4. The van der Waals surface area contributed by atoms with Gasteiger partial charge in [-0.2, -0.15) is 80.1 Å². The Kier molecular flexibility index (Phi) is 35.7. The summed E-state index contributed by atoms with van der Waals surface area (Å²) < 4.78 is 7.08. The number of hydrogen-bond donors (Lipinski definition) is 3. The van der Waals surface area contributed by atoms with Crippen LogP contribution in [0.3, 0.4) is 0 Å². The van der Waals surface area contributed by atoms with Crippen molar-refractivity contribution in [2.75, 3.05) is 122 Å². The number of carbonyl (C=O) groups is 1. The normalized spacial score (nSPS) is 12.3. The Morgan fingerprint density at radius 2 is 0.818 bits per heavy atom. The van der Waals surface area contributed by atoms with Crippen LogP contribution in [-0.2, 0) is 4.79 Å². The van der Waals surface area contributed by atoms with E-state index in [1.165, 1.54) is 150 Å². The van der Waals surface area contributed by atoms with Crippen molar-refractivity contribution < 1.29 is 10.3 Å². The number of rotatable bonds is 29. The number of hydrogen-bond acceptors (Lipinski definition) is 48. The molecule has 2 aliphatic heterocycles. The summed E-state index contributed by atoms with van der Waals surface area (Å²) in [6.45, 7) is 17.7. The van der Waals surface area contributed by atoms with Gasteiger partial charge in [-0.3, -0.25) is 4.79 Å². The van der Waals surface area contributed by atoms with Gasteiger partial charge in [0.1, 0.15) is 75.6 Å². The van der Waals surface area contributed by atoms with Gasteiger partial charge in [0.05, 0.1) is 42.4 Å². The molecule has 1 amide bonds. The first kappa shape index (κ1) is 102. The van der Waals surface area contributed by atoms with Crippen LogP contribution < -0.4 is 40.4 Å². The number of pyridine rings is 2. The molecule has 0 saturated carbocycles. The third-order valence-electron chi connectivity index (χ3n) is 20.1. The number of aryl methyl sites for hydroxylation is 1. The Balaban J connectivity index is 0.000000150. The maximum atomic E-state index is 11.7. The van der Waals surface area contributed by atoms with Gasteiger partial charge in [0.2, 0.25) is 5.91 Å². The molecule has 1 aromatic carbocycles. The molecule has 2 saturated heterocycles. The second-order valence-electron chi connectivity index (χ2n) is 30.1. The topological polar surface area (TPSA) is 630 Å². The van der Waals surface area contributed by atoms with Crippen LogP contribution in [0.25, 0.3) is 40.7 Å². The third kappa shape index (κ3) is 25.1. The van der Waals surface area contributed by atoms with Crippen molar-refractivity contribution in [3.8, 4) is 71.1 Å². The molecule has 18 rings (SSSR count). The fourth-order valence-corrected chi connectivity index (χ4v) is 17.8. The minimum atomic E-state index is -0.679. The van der Waals surface area contributed by atoms with Crippen LogP contribution in [0.1, 0.15) is 112 Å². The van der Waals surface area contributed by atoms with E-state index < -0.39 is 6.04 Å². The number of azo groups is 5. The molecular weight excluding hydrogens is 1920 g/mol. The molecule has 2 aliphatic rings. The summed E-state index contributed by atoms with van der Waals surface area (Å²) in [4.78, 5) is 89.4. The highest BCUT2D eigenvalue weighted by atomic mass is 32.1. The van der Waals surface area contributed by atoms with Crippen molar-refractivity contribution >= 4 is 160 Å². The molecule has 2 fully saturated rings. The monoisotopic (exact) mass is 2010 g/mol. The van der Waals surface area contributed by atoms with Crippen LogP contribution >= 0.6 is 56.7 Å². The Morgan fingerprint density at radius 3 is 1.23 bits per heavy atom. The molecule has 0 bridgehead atoms. The van der Waals surface area contributed by atoms with Gasteiger partial charge < -0.3 is 45.9 Å². The van der Waals surface area contributed by atoms with Crippen LogP contribution in [0.15, 0.2) is 216 Å². The highest BCUT2D eigenvalue weighted by Crippen LogP contribution is 2.46. The summed E-state index contributed by atoms with van der Waals surface area (Å²) in [6, 6.07) is 33.0. The predicted molar refractivity (Wildman–Crippen MR) is 541 cm³/mol. The number of aromatic nitrogens is 23. The van der Waals surface area contributed by atoms with Crippen molar-refractivity contribution in [2.45, 2.75) is 79.7 Å². The van der Waals surface area contributed by atoms with Crippen molar-refractivity contribution in [3.05, 3.63) is 204 Å². The minimum Gasteiger partial charge on any atom is -0.412 e. The highest BCUT2D eigenvalue weighted by Gasteiger charge is 2.27. The molecule has 16 aromatic rings. The van der Waals surface area contributed by atoms with Crippen molar-refractivity contribution in [2.24, 2.45) is 56.3 Å². The van der Waals surface area contributed by atoms with E-state index in [1.807, 2.05) is 103 Å². The van der Waals surface area contributed by atoms with Gasteiger partial charge in [-0.25, -0.2) is 64.8 Å². The summed E-state index contributed by atoms with van der Waals surface area (Å²) in [5.74, 6) is 4.55. The van der Waals surface area contributed by atoms with E-state index >= 15 is 0 Å². The second-order valence-corrected chi connectivity index (χ2v) is 34.8. The Bertz CT molecular complexity index is 7370. The zero-order valence-electron chi connectivity index (χ0n) is 78.6. The van der Waals surface area contributed by atoms with Gasteiger partial charge in [-0.05, 0) is 115 Å². The van der Waals surface area contributed by atoms with E-state index in [-0.39, 0.29) is 51.9 Å². The summed E-state index contributed by atoms with van der Waals surface area (Å²) in [7, 11) is 9.22. The highest BCUT2D eigenvalue weighted by molar-refractivity contribution is 7.21. The van der Waals surface area contributed by atoms with Crippen LogP contribution in [0, 0.1) is 68.5 Å². The van der Waals surface area contributed by atoms with E-state index in [1.54, 1.807) is 97.8 Å². The van der Waals surface area contributed by atoms with Gasteiger partial charge in [-0.1, -0.05) is 92.2 Å². The number of amides is 1. The molecule has 5 N–H and O–H groups in total. The van der Waals surface area contributed by atoms with E-state index in [0.29, 0.717) is 115 Å². The fourth-order valence-electron chi connectivity index (χ4n) is 13.1. The summed E-state index contributed by atoms with van der Waals surface area (Å²) >= 11 is 7.04. The van der Waals surface area contributed by atoms with Crippen LogP contribution in [0.5, 0.6) is 0 Å². The number of anilines is 8. The van der Waals surface area contributed by atoms with Gasteiger partial charge in [0.15, 0.2) is 103 Å². The molecule has 55 heteroatoms. The lowest BCUT2D eigenvalue weighted by atomic mass is 10.1. The first-order valence-electron chi connectivity index (χ1n) is 43.7. The molecule has 1 unspecified atom stereocenters. The number of benzene rings is 1. The zero-order chi connectivity index (χ0) is 100.0. The Labute approximate surface area is 836 Å². The standard InChI is InChI=1S/C21H18N10OS.2C18H19N9S.C16H17N9S.C15H14N10OS.H2O/c1-13(32)26-16-8-5-4-7-15(16)17-19(33-21(27-17)30(2)3)29-28-18-14(11-22)12-25-31(18)20-23-9-6-10-24-20;1-20-15-17(28-18(23-15)26-9-5-2-6-10-26)25-24-16-13(11-19)12-22-27(16)14-7-3-4-8-21-14;1-2-20-15-17(28-18(23-15)26-9-5-6-10-26)25-24-16-13(11-19)12-22-27(16)14-7-3-4-8-21-14;1-4-24(5-2)16-21-11(3)14(26-16)23-22-13-12(9-17)10-20-25(13)15-18-7-6-8-19-15;1-9(23-26)11-13(27-15(20-11)24(2)3)22-21-12-10(7-16)8-19-25(12)14-17-5-4-6-18-14;/h4-10,12H,1-3H3,(H,26,32);2*3-4,7-8,12,20H,2,5-6,9-10H2,1H3;6-8,10H,4-5H2,1-3H3;4-6,8-9H,1-3H3;1H2. The predicted octanol–water partition coefficient (Wildman–Crippen LogP) is 18.2. The summed E-state index contributed by atoms with van der Waals surface area (Å²) in [5, 5.41) is 130. The van der Waals surface area contributed by atoms with Crippen LogP contribution in [0.2, 0.25) is 0 Å². The summed E-state index contributed by atoms with van der Waals surface area (Å²) in [5.41, 5.74) is 4.48. The average molecular weight is 2010 g/mol. The first-order chi connectivity index (χ1) is 69.3. The smallest absolute Gasteiger partial charge is 0.252 e. The Hall–Kier alpha value is -18.0. The largest absolute Gasteiger partial charge is 0.412 e. The lowest BCUT2D eigenvalue weighted by Gasteiger charge is -2.25. The lowest BCUT2D eigenvalue weighted by molar-refractivity contribution is -0.114. The molecule has 0 radical (unpaired) electrons. The number of nitroso groups, excluding NO2 is 1. The van der Waals surface area contributed by atoms with E-state index in [9.17, 15) is 36.0 Å². The molecule has 0 spiro atoms. The van der Waals surface area contributed by atoms with Crippen LogP contribution in [0.4, 0.5) is 97.1 Å². The molecule has 143 heavy (non-hydrogen) atoms. The maximum absolute atomic E-state index is 11.7. The van der Waals surface area contributed by atoms with Gasteiger partial charge >= 0.3 is 0 Å². The number of carbonyl (C=O) groups excluding carboxylic acids is 1. The molecule has 17 heterocycles. The molecule has 724 valence electrons. The zero-order valence-corrected chi connectivity index (χ0v) is 82.7. The quantitative estimate of drug-likeness (QED) is 0.0289. The van der Waals surface area contributed by atoms with E-state index in [2.05, 4.69) is 210 Å². The van der Waals surface area contributed by atoms with Crippen molar-refractivity contribution in [1.82, 2.24) is 114 Å². The number of nitrogens with zero attached hydrogens (tertiary/aromatic N) is 44. The molecule has 1 atom stereocenters. The van der Waals surface area contributed by atoms with Gasteiger partial charge in [-0.15, -0.1) is 51.1 Å². The average Bonchev–Trinajstić information content (AvgIpc) is 1.66. The van der Waals surface area contributed by atoms with Crippen molar-refractivity contribution in [1.29, 1.82) is 26.3 Å². The molecule has 15 aromatic heterocycles. The minimum absolute atomic E-state index is 0. The molecule has 0 aliphatic carbocycles. The number of piperidine rings is 1. The number of para-hydroxylation sites is 1. The molecule has 50 nitrogen and oxygen atoms in total. The first-order valence-corrected chi connectivity index (χ1v) is 47.7. The van der Waals surface area contributed by atoms with Crippen LogP contribution in [-0.4, -0.2) is 206 Å². The lowest BCUT2D eigenvalue weighted by Crippen LogP contribution is -2.29. The van der Waals surface area contributed by atoms with Gasteiger partial charge in [0.25, 0.3) is 17.8 Å². The summed E-state index contributed by atoms with van der Waals surface area (Å²) in [6.07, 6.45) is 25.9. The van der Waals surface area contributed by atoms with Gasteiger partial charge in [0, 0.05) is 143 Å². The fraction of sp³-hybridized carbons (Fsp3) is 0.273.